The van der Waals surface area contributed by atoms with Gasteiger partial charge in [0.05, 0.1) is 28.6 Å². The number of anilines is 3. The number of urea groups is 1. The van der Waals surface area contributed by atoms with Crippen LogP contribution in [0, 0.1) is 5.82 Å². The summed E-state index contributed by atoms with van der Waals surface area (Å²) in [4.78, 5) is 29.4. The smallest absolute Gasteiger partial charge is 0.343 e. The summed E-state index contributed by atoms with van der Waals surface area (Å²) < 4.78 is 20.4. The molecule has 28 heavy (non-hydrogen) atoms. The van der Waals surface area contributed by atoms with Crippen molar-refractivity contribution in [3.63, 3.8) is 0 Å². The number of carbonyl (C=O) groups excluding carboxylic acids is 2. The van der Waals surface area contributed by atoms with Gasteiger partial charge in [-0.05, 0) is 25.1 Å². The summed E-state index contributed by atoms with van der Waals surface area (Å²) in [6.45, 7) is 0.926. The number of esters is 1. The fourth-order valence-electron chi connectivity index (χ4n) is 2.80. The van der Waals surface area contributed by atoms with E-state index in [0.717, 1.165) is 0 Å². The van der Waals surface area contributed by atoms with Crippen LogP contribution in [0.15, 0.2) is 30.3 Å². The molecule has 0 aromatic heterocycles. The Balaban J connectivity index is 2.17. The van der Waals surface area contributed by atoms with Crippen LogP contribution < -0.4 is 16.1 Å². The van der Waals surface area contributed by atoms with Crippen molar-refractivity contribution in [3.05, 3.63) is 52.3 Å². The van der Waals surface area contributed by atoms with E-state index in [0.29, 0.717) is 10.8 Å². The molecule has 0 aliphatic carbocycles. The molecule has 148 valence electrons. The quantitative estimate of drug-likeness (QED) is 0.653. The normalized spacial score (nSPS) is 15.3. The summed E-state index contributed by atoms with van der Waals surface area (Å²) in [5, 5.41) is 12.6. The van der Waals surface area contributed by atoms with Crippen molar-refractivity contribution in [2.45, 2.75) is 13.0 Å². The SMILES string of the molecule is CC1ON(C(N)=O)c2c1cc(C(=O)OCCO)c(Nc1ccccc1Cl)c2F. The number of nitrogens with two attached hydrogens (primary N) is 1. The molecule has 3 rings (SSSR count). The number of aliphatic hydroxyl groups excluding tert-OH is 1. The van der Waals surface area contributed by atoms with E-state index in [1.54, 1.807) is 31.2 Å². The van der Waals surface area contributed by atoms with Crippen LogP contribution >= 0.6 is 11.6 Å². The Morgan fingerprint density at radius 3 is 2.79 bits per heavy atom. The third-order valence-electron chi connectivity index (χ3n) is 4.05. The van der Waals surface area contributed by atoms with Gasteiger partial charge in [0.1, 0.15) is 18.4 Å². The molecule has 0 saturated heterocycles. The monoisotopic (exact) mass is 409 g/mol. The highest BCUT2D eigenvalue weighted by Gasteiger charge is 2.37. The van der Waals surface area contributed by atoms with Crippen LogP contribution in [0.4, 0.5) is 26.2 Å². The van der Waals surface area contributed by atoms with Crippen LogP contribution in [0.2, 0.25) is 5.02 Å². The van der Waals surface area contributed by atoms with Gasteiger partial charge in [-0.1, -0.05) is 23.7 Å². The lowest BCUT2D eigenvalue weighted by Crippen LogP contribution is -2.33. The van der Waals surface area contributed by atoms with Crippen molar-refractivity contribution in [3.8, 4) is 0 Å². The predicted molar refractivity (Wildman–Crippen MR) is 100 cm³/mol. The number of hydroxylamine groups is 1. The van der Waals surface area contributed by atoms with Gasteiger partial charge in [0, 0.05) is 5.56 Å². The minimum Gasteiger partial charge on any atom is -0.460 e. The summed E-state index contributed by atoms with van der Waals surface area (Å²) in [5.74, 6) is -1.80. The second kappa shape index (κ2) is 8.01. The molecule has 1 aliphatic heterocycles. The molecule has 1 atom stereocenters. The first-order valence-electron chi connectivity index (χ1n) is 8.27. The molecule has 0 spiro atoms. The second-order valence-electron chi connectivity index (χ2n) is 5.90. The van der Waals surface area contributed by atoms with E-state index in [1.807, 2.05) is 0 Å². The maximum absolute atomic E-state index is 15.4. The molecule has 4 N–H and O–H groups in total. The van der Waals surface area contributed by atoms with E-state index in [9.17, 15) is 9.59 Å². The zero-order chi connectivity index (χ0) is 20.4. The van der Waals surface area contributed by atoms with Crippen LogP contribution in [0.3, 0.4) is 0 Å². The number of rotatable bonds is 5. The average molecular weight is 410 g/mol. The molecule has 0 saturated carbocycles. The first kappa shape index (κ1) is 19.9. The van der Waals surface area contributed by atoms with Crippen molar-refractivity contribution in [2.24, 2.45) is 5.73 Å². The third kappa shape index (κ3) is 3.59. The van der Waals surface area contributed by atoms with Crippen molar-refractivity contribution >= 4 is 40.7 Å². The van der Waals surface area contributed by atoms with E-state index >= 15 is 4.39 Å². The number of ether oxygens (including phenoxy) is 1. The number of para-hydroxylation sites is 1. The van der Waals surface area contributed by atoms with Crippen LogP contribution in [0.5, 0.6) is 0 Å². The van der Waals surface area contributed by atoms with Gasteiger partial charge < -0.3 is 20.9 Å². The lowest BCUT2D eigenvalue weighted by atomic mass is 10.0. The number of hydrogen-bond donors (Lipinski definition) is 3. The lowest BCUT2D eigenvalue weighted by molar-refractivity contribution is 0.0434. The zero-order valence-electron chi connectivity index (χ0n) is 14.7. The maximum atomic E-state index is 15.4. The van der Waals surface area contributed by atoms with Crippen LogP contribution in [0.1, 0.15) is 28.9 Å². The Morgan fingerprint density at radius 2 is 2.14 bits per heavy atom. The summed E-state index contributed by atoms with van der Waals surface area (Å²) in [6, 6.07) is 6.87. The topological polar surface area (TPSA) is 114 Å². The summed E-state index contributed by atoms with van der Waals surface area (Å²) in [7, 11) is 0. The van der Waals surface area contributed by atoms with Crippen molar-refractivity contribution < 1.29 is 28.7 Å². The summed E-state index contributed by atoms with van der Waals surface area (Å²) >= 11 is 6.12. The Labute approximate surface area is 164 Å². The fraction of sp³-hybridized carbons (Fsp3) is 0.222. The number of primary amides is 1. The molecule has 2 aromatic carbocycles. The van der Waals surface area contributed by atoms with E-state index < -0.39 is 23.9 Å². The number of benzene rings is 2. The Kier molecular flexibility index (Phi) is 5.68. The van der Waals surface area contributed by atoms with Gasteiger partial charge in [-0.25, -0.2) is 14.0 Å². The largest absolute Gasteiger partial charge is 0.460 e. The van der Waals surface area contributed by atoms with Crippen molar-refractivity contribution in [1.29, 1.82) is 0 Å². The Hall–Kier alpha value is -2.88. The highest BCUT2D eigenvalue weighted by atomic mass is 35.5. The number of hydrogen-bond acceptors (Lipinski definition) is 6. The van der Waals surface area contributed by atoms with Gasteiger partial charge in [0.15, 0.2) is 5.82 Å². The number of aliphatic hydroxyl groups is 1. The van der Waals surface area contributed by atoms with Crippen molar-refractivity contribution in [1.82, 2.24) is 0 Å². The van der Waals surface area contributed by atoms with Gasteiger partial charge in [0.2, 0.25) is 0 Å². The number of amides is 2. The fourth-order valence-corrected chi connectivity index (χ4v) is 2.98. The molecule has 1 aliphatic rings. The zero-order valence-corrected chi connectivity index (χ0v) is 15.5. The van der Waals surface area contributed by atoms with E-state index in [-0.39, 0.29) is 40.7 Å². The van der Waals surface area contributed by atoms with Gasteiger partial charge in [-0.15, -0.1) is 0 Å². The number of carbonyl (C=O) groups is 2. The molecule has 0 radical (unpaired) electrons. The second-order valence-corrected chi connectivity index (χ2v) is 6.30. The van der Waals surface area contributed by atoms with Crippen LogP contribution in [-0.2, 0) is 9.57 Å². The number of nitrogens with one attached hydrogen (secondary N) is 1. The number of nitrogens with zero attached hydrogens (tertiary/aromatic N) is 1. The molecule has 0 fully saturated rings. The average Bonchev–Trinajstić information content (AvgIpc) is 3.00. The van der Waals surface area contributed by atoms with E-state index in [2.05, 4.69) is 5.32 Å². The van der Waals surface area contributed by atoms with Gasteiger partial charge >= 0.3 is 12.0 Å². The highest BCUT2D eigenvalue weighted by Crippen LogP contribution is 2.44. The first-order valence-corrected chi connectivity index (χ1v) is 8.65. The van der Waals surface area contributed by atoms with Gasteiger partial charge in [-0.3, -0.25) is 4.84 Å². The van der Waals surface area contributed by atoms with Crippen molar-refractivity contribution in [2.75, 3.05) is 23.6 Å². The third-order valence-corrected chi connectivity index (χ3v) is 4.38. The summed E-state index contributed by atoms with van der Waals surface area (Å²) in [5.41, 5.74) is 5.23. The molecule has 2 aromatic rings. The number of halogens is 2. The predicted octanol–water partition coefficient (Wildman–Crippen LogP) is 3.26. The van der Waals surface area contributed by atoms with Crippen LogP contribution in [0.25, 0.3) is 0 Å². The number of fused-ring (bicyclic) bond motifs is 1. The molecule has 1 unspecified atom stereocenters. The first-order chi connectivity index (χ1) is 13.3. The molecule has 1 heterocycles. The van der Waals surface area contributed by atoms with Crippen LogP contribution in [-0.4, -0.2) is 30.3 Å². The molecule has 8 nitrogen and oxygen atoms in total. The molecular weight excluding hydrogens is 393 g/mol. The minimum absolute atomic E-state index is 0.147. The van der Waals surface area contributed by atoms with E-state index in [1.165, 1.54) is 6.07 Å². The highest BCUT2D eigenvalue weighted by molar-refractivity contribution is 6.33. The lowest BCUT2D eigenvalue weighted by Gasteiger charge is -2.18. The van der Waals surface area contributed by atoms with E-state index in [4.69, 9.17) is 32.0 Å². The Morgan fingerprint density at radius 1 is 1.43 bits per heavy atom. The van der Waals surface area contributed by atoms with Gasteiger partial charge in [0.25, 0.3) is 0 Å². The molecular formula is C18H17ClFN3O5. The summed E-state index contributed by atoms with van der Waals surface area (Å²) in [6.07, 6.45) is -0.726. The van der Waals surface area contributed by atoms with Gasteiger partial charge in [-0.2, -0.15) is 5.06 Å². The standard InChI is InChI=1S/C18H17ClFN3O5/c1-9-10-8-11(17(25)27-7-6-24)15(22-13-5-3-2-4-12(13)19)14(20)16(10)23(28-9)18(21)26/h2-5,8-9,22,24H,6-7H2,1H3,(H2,21,26). The molecule has 0 bridgehead atoms. The minimum atomic E-state index is -1.01. The molecule has 2 amide bonds. The molecule has 10 heteroatoms. The maximum Gasteiger partial charge on any atom is 0.343 e. The Bertz CT molecular complexity index is 940.